The molecule has 9 heteroatoms. The molecule has 1 aliphatic rings. The molecule has 0 aromatic carbocycles. The van der Waals surface area contributed by atoms with Crippen LogP contribution in [0.4, 0.5) is 11.9 Å². The molecule has 1 fully saturated rings. The molecule has 0 saturated carbocycles. The third-order valence-corrected chi connectivity index (χ3v) is 4.39. The van der Waals surface area contributed by atoms with E-state index >= 15 is 0 Å². The summed E-state index contributed by atoms with van der Waals surface area (Å²) in [6.07, 6.45) is 5.01. The second kappa shape index (κ2) is 9.29. The van der Waals surface area contributed by atoms with Crippen LogP contribution in [-0.2, 0) is 6.54 Å². The van der Waals surface area contributed by atoms with Gasteiger partial charge in [-0.05, 0) is 32.3 Å². The molecule has 2 aromatic heterocycles. The number of carbonyl (C=O) groups excluding carboxylic acids is 1. The number of nitrogens with zero attached hydrogens (tertiary/aromatic N) is 6. The zero-order valence-corrected chi connectivity index (χ0v) is 16.7. The Labute approximate surface area is 165 Å². The zero-order chi connectivity index (χ0) is 19.9. The predicted octanol–water partition coefficient (Wildman–Crippen LogP) is 1.65. The first-order chi connectivity index (χ1) is 13.6. The van der Waals surface area contributed by atoms with Crippen LogP contribution in [0.25, 0.3) is 0 Å². The zero-order valence-electron chi connectivity index (χ0n) is 16.7. The highest BCUT2D eigenvalue weighted by molar-refractivity contribution is 5.93. The van der Waals surface area contributed by atoms with Gasteiger partial charge in [0.2, 0.25) is 17.8 Å². The van der Waals surface area contributed by atoms with Crippen LogP contribution in [0.2, 0.25) is 0 Å². The number of pyridine rings is 1. The summed E-state index contributed by atoms with van der Waals surface area (Å²) in [6.45, 7) is 4.53. The van der Waals surface area contributed by atoms with Crippen LogP contribution in [0.5, 0.6) is 5.88 Å². The molecule has 3 heterocycles. The lowest BCUT2D eigenvalue weighted by molar-refractivity contribution is 0.0949. The SMILES string of the molecule is CCOc1ccc(C(=O)NCc2nc(N(C)C)nc(N3CCCCC3)n2)cn1. The lowest BCUT2D eigenvalue weighted by Gasteiger charge is -2.27. The Kier molecular flexibility index (Phi) is 6.57. The van der Waals surface area contributed by atoms with Crippen molar-refractivity contribution in [2.24, 2.45) is 0 Å². The highest BCUT2D eigenvalue weighted by Crippen LogP contribution is 2.18. The Morgan fingerprint density at radius 1 is 1.18 bits per heavy atom. The van der Waals surface area contributed by atoms with Gasteiger partial charge in [0, 0.05) is 39.4 Å². The first kappa shape index (κ1) is 19.8. The third kappa shape index (κ3) is 5.05. The monoisotopic (exact) mass is 385 g/mol. The molecule has 3 rings (SSSR count). The van der Waals surface area contributed by atoms with Crippen molar-refractivity contribution in [2.75, 3.05) is 43.6 Å². The summed E-state index contributed by atoms with van der Waals surface area (Å²) >= 11 is 0. The maximum absolute atomic E-state index is 12.4. The normalized spacial score (nSPS) is 13.9. The molecule has 28 heavy (non-hydrogen) atoms. The first-order valence-corrected chi connectivity index (χ1v) is 9.61. The molecule has 0 spiro atoms. The minimum atomic E-state index is -0.234. The average Bonchev–Trinajstić information content (AvgIpc) is 2.73. The van der Waals surface area contributed by atoms with Crippen molar-refractivity contribution >= 4 is 17.8 Å². The summed E-state index contributed by atoms with van der Waals surface area (Å²) in [5.41, 5.74) is 0.460. The molecule has 0 radical (unpaired) electrons. The Balaban J connectivity index is 1.70. The molecule has 9 nitrogen and oxygen atoms in total. The standard InChI is InChI=1S/C19H27N7O2/c1-4-28-16-9-8-14(12-20-16)17(27)21-13-15-22-18(25(2)3)24-19(23-15)26-10-6-5-7-11-26/h8-9,12H,4-7,10-11,13H2,1-3H3,(H,21,27). The Hall–Kier alpha value is -2.97. The summed E-state index contributed by atoms with van der Waals surface area (Å²) in [5.74, 6) is 2.06. The number of amides is 1. The first-order valence-electron chi connectivity index (χ1n) is 9.61. The summed E-state index contributed by atoms with van der Waals surface area (Å²) < 4.78 is 5.30. The predicted molar refractivity (Wildman–Crippen MR) is 107 cm³/mol. The highest BCUT2D eigenvalue weighted by Gasteiger charge is 2.17. The van der Waals surface area contributed by atoms with Crippen LogP contribution < -0.4 is 19.9 Å². The number of nitrogens with one attached hydrogen (secondary N) is 1. The molecule has 1 amide bonds. The van der Waals surface area contributed by atoms with E-state index in [0.29, 0.717) is 35.8 Å². The maximum atomic E-state index is 12.4. The van der Waals surface area contributed by atoms with E-state index in [9.17, 15) is 4.79 Å². The van der Waals surface area contributed by atoms with E-state index in [1.807, 2.05) is 25.9 Å². The van der Waals surface area contributed by atoms with Crippen LogP contribution in [-0.4, -0.2) is 59.6 Å². The molecule has 0 bridgehead atoms. The fourth-order valence-corrected chi connectivity index (χ4v) is 2.92. The van der Waals surface area contributed by atoms with Gasteiger partial charge in [-0.15, -0.1) is 0 Å². The fraction of sp³-hybridized carbons (Fsp3) is 0.526. The molecular formula is C19H27N7O2. The number of rotatable bonds is 7. The number of anilines is 2. The Bertz CT molecular complexity index is 789. The number of hydrogen-bond acceptors (Lipinski definition) is 8. The molecule has 2 aromatic rings. The molecule has 0 atom stereocenters. The van der Waals surface area contributed by atoms with Crippen molar-refractivity contribution < 1.29 is 9.53 Å². The van der Waals surface area contributed by atoms with Gasteiger partial charge in [0.15, 0.2) is 5.82 Å². The van der Waals surface area contributed by atoms with Crippen LogP contribution in [0.1, 0.15) is 42.4 Å². The van der Waals surface area contributed by atoms with Gasteiger partial charge >= 0.3 is 0 Å². The van der Waals surface area contributed by atoms with Crippen molar-refractivity contribution in [1.82, 2.24) is 25.3 Å². The van der Waals surface area contributed by atoms with E-state index in [2.05, 4.69) is 30.2 Å². The van der Waals surface area contributed by atoms with E-state index in [0.717, 1.165) is 25.9 Å². The lowest BCUT2D eigenvalue weighted by atomic mass is 10.1. The number of ether oxygens (including phenoxy) is 1. The van der Waals surface area contributed by atoms with Gasteiger partial charge in [-0.25, -0.2) is 4.98 Å². The second-order valence-electron chi connectivity index (χ2n) is 6.79. The van der Waals surface area contributed by atoms with E-state index in [4.69, 9.17) is 4.74 Å². The fourth-order valence-electron chi connectivity index (χ4n) is 2.92. The van der Waals surface area contributed by atoms with Gasteiger partial charge in [0.05, 0.1) is 18.7 Å². The molecule has 1 N–H and O–H groups in total. The van der Waals surface area contributed by atoms with Crippen molar-refractivity contribution in [1.29, 1.82) is 0 Å². The minimum Gasteiger partial charge on any atom is -0.478 e. The van der Waals surface area contributed by atoms with Gasteiger partial charge in [0.1, 0.15) is 0 Å². The molecular weight excluding hydrogens is 358 g/mol. The minimum absolute atomic E-state index is 0.218. The van der Waals surface area contributed by atoms with Crippen molar-refractivity contribution in [2.45, 2.75) is 32.7 Å². The van der Waals surface area contributed by atoms with E-state index in [1.165, 1.54) is 12.6 Å². The van der Waals surface area contributed by atoms with Crippen LogP contribution in [0.15, 0.2) is 18.3 Å². The van der Waals surface area contributed by atoms with Crippen LogP contribution in [0, 0.1) is 0 Å². The smallest absolute Gasteiger partial charge is 0.253 e. The van der Waals surface area contributed by atoms with Gasteiger partial charge in [0.25, 0.3) is 5.91 Å². The number of carbonyl (C=O) groups is 1. The summed E-state index contributed by atoms with van der Waals surface area (Å²) in [6, 6.07) is 3.37. The molecule has 0 aliphatic carbocycles. The number of piperidine rings is 1. The van der Waals surface area contributed by atoms with Gasteiger partial charge < -0.3 is 19.9 Å². The van der Waals surface area contributed by atoms with E-state index in [1.54, 1.807) is 12.1 Å². The Morgan fingerprint density at radius 2 is 1.96 bits per heavy atom. The molecule has 150 valence electrons. The van der Waals surface area contributed by atoms with Crippen molar-refractivity contribution in [3.05, 3.63) is 29.7 Å². The second-order valence-corrected chi connectivity index (χ2v) is 6.79. The van der Waals surface area contributed by atoms with Gasteiger partial charge in [-0.1, -0.05) is 0 Å². The number of aromatic nitrogens is 4. The van der Waals surface area contributed by atoms with Gasteiger partial charge in [-0.2, -0.15) is 15.0 Å². The highest BCUT2D eigenvalue weighted by atomic mass is 16.5. The average molecular weight is 385 g/mol. The molecule has 1 aliphatic heterocycles. The lowest BCUT2D eigenvalue weighted by Crippen LogP contribution is -2.33. The summed E-state index contributed by atoms with van der Waals surface area (Å²) in [5, 5.41) is 2.85. The van der Waals surface area contributed by atoms with E-state index < -0.39 is 0 Å². The quantitative estimate of drug-likeness (QED) is 0.769. The van der Waals surface area contributed by atoms with Crippen LogP contribution >= 0.6 is 0 Å². The maximum Gasteiger partial charge on any atom is 0.253 e. The summed E-state index contributed by atoms with van der Waals surface area (Å²) in [4.78, 5) is 34.1. The van der Waals surface area contributed by atoms with Gasteiger partial charge in [-0.3, -0.25) is 4.79 Å². The largest absolute Gasteiger partial charge is 0.478 e. The third-order valence-electron chi connectivity index (χ3n) is 4.39. The molecule has 0 unspecified atom stereocenters. The van der Waals surface area contributed by atoms with Crippen LogP contribution in [0.3, 0.4) is 0 Å². The topological polar surface area (TPSA) is 96.4 Å². The Morgan fingerprint density at radius 3 is 2.61 bits per heavy atom. The van der Waals surface area contributed by atoms with Crippen molar-refractivity contribution in [3.8, 4) is 5.88 Å². The summed E-state index contributed by atoms with van der Waals surface area (Å²) in [7, 11) is 3.78. The van der Waals surface area contributed by atoms with E-state index in [-0.39, 0.29) is 12.5 Å². The number of hydrogen-bond donors (Lipinski definition) is 1. The van der Waals surface area contributed by atoms with Crippen molar-refractivity contribution in [3.63, 3.8) is 0 Å². The molecule has 1 saturated heterocycles.